The molecule has 2 aromatic rings. The molecule has 0 unspecified atom stereocenters. The Morgan fingerprint density at radius 2 is 1.71 bits per heavy atom. The Kier molecular flexibility index (Phi) is 3.45. The van der Waals surface area contributed by atoms with Gasteiger partial charge >= 0.3 is 6.01 Å². The predicted molar refractivity (Wildman–Crippen MR) is 47.8 cm³/mol. The molecule has 0 fully saturated rings. The number of hydrogen-bond donors (Lipinski definition) is 0. The lowest BCUT2D eigenvalue weighted by molar-refractivity contribution is 0.422. The van der Waals surface area contributed by atoms with Gasteiger partial charge in [0.05, 0.1) is 6.20 Å². The van der Waals surface area contributed by atoms with Crippen molar-refractivity contribution in [1.82, 2.24) is 19.9 Å². The van der Waals surface area contributed by atoms with E-state index in [0.29, 0.717) is 5.88 Å². The van der Waals surface area contributed by atoms with Gasteiger partial charge in [0.15, 0.2) is 0 Å². The first-order valence-corrected chi connectivity index (χ1v) is 3.66. The third-order valence-corrected chi connectivity index (χ3v) is 1.28. The molecular weight excluding hydrogens is 184 g/mol. The molecule has 0 aliphatic carbocycles. The zero-order valence-electron chi connectivity index (χ0n) is 7.16. The Bertz CT molecular complexity index is 330. The van der Waals surface area contributed by atoms with Crippen LogP contribution < -0.4 is 4.74 Å². The molecule has 6 heteroatoms. The lowest BCUT2D eigenvalue weighted by Crippen LogP contribution is -1.92. The summed E-state index contributed by atoms with van der Waals surface area (Å²) in [6.45, 7) is 0. The largest absolute Gasteiger partial charge is 0.412 e. The van der Waals surface area contributed by atoms with Gasteiger partial charge in [-0.2, -0.15) is 0 Å². The fraction of sp³-hybridized carbons (Fsp3) is 0. The highest BCUT2D eigenvalue weighted by molar-refractivity contribution is 5.08. The van der Waals surface area contributed by atoms with Crippen LogP contribution in [0.4, 0.5) is 0 Å². The fourth-order valence-electron chi connectivity index (χ4n) is 0.770. The molecule has 0 aliphatic heterocycles. The van der Waals surface area contributed by atoms with Crippen LogP contribution in [0.5, 0.6) is 11.9 Å². The van der Waals surface area contributed by atoms with Gasteiger partial charge in [-0.15, -0.1) is 0 Å². The van der Waals surface area contributed by atoms with E-state index in [1.807, 2.05) is 0 Å². The average molecular weight is 192 g/mol. The average Bonchev–Trinajstić information content (AvgIpc) is 2.21. The molecule has 0 aromatic carbocycles. The first-order valence-electron chi connectivity index (χ1n) is 3.66. The van der Waals surface area contributed by atoms with Crippen LogP contribution in [-0.4, -0.2) is 25.4 Å². The summed E-state index contributed by atoms with van der Waals surface area (Å²) < 4.78 is 5.18. The molecule has 0 amide bonds. The molecule has 0 radical (unpaired) electrons. The van der Waals surface area contributed by atoms with Gasteiger partial charge in [-0.25, -0.2) is 15.0 Å². The van der Waals surface area contributed by atoms with Crippen LogP contribution in [0.25, 0.3) is 0 Å². The molecule has 2 rings (SSSR count). The lowest BCUT2D eigenvalue weighted by Gasteiger charge is -1.99. The van der Waals surface area contributed by atoms with Crippen LogP contribution in [0.15, 0.2) is 37.1 Å². The lowest BCUT2D eigenvalue weighted by atomic mass is 10.7. The Morgan fingerprint density at radius 3 is 2.36 bits per heavy atom. The molecule has 0 aliphatic rings. The maximum Gasteiger partial charge on any atom is 0.323 e. The fourth-order valence-corrected chi connectivity index (χ4v) is 0.770. The number of aromatic nitrogens is 4. The van der Waals surface area contributed by atoms with Gasteiger partial charge in [0, 0.05) is 24.8 Å². The van der Waals surface area contributed by atoms with Crippen molar-refractivity contribution in [3.63, 3.8) is 0 Å². The van der Waals surface area contributed by atoms with Crippen molar-refractivity contribution < 1.29 is 10.2 Å². The van der Waals surface area contributed by atoms with Gasteiger partial charge in [-0.05, 0) is 6.07 Å². The molecule has 2 heterocycles. The summed E-state index contributed by atoms with van der Waals surface area (Å²) in [5.41, 5.74) is 0. The zero-order chi connectivity index (χ0) is 8.93. The molecule has 2 N–H and O–H groups in total. The summed E-state index contributed by atoms with van der Waals surface area (Å²) in [5, 5.41) is 0. The number of rotatable bonds is 2. The van der Waals surface area contributed by atoms with Crippen LogP contribution in [0.3, 0.4) is 0 Å². The highest BCUT2D eigenvalue weighted by Crippen LogP contribution is 2.10. The molecule has 0 saturated heterocycles. The van der Waals surface area contributed by atoms with Gasteiger partial charge in [0.2, 0.25) is 5.88 Å². The topological polar surface area (TPSA) is 92.3 Å². The van der Waals surface area contributed by atoms with Crippen molar-refractivity contribution in [3.8, 4) is 11.9 Å². The van der Waals surface area contributed by atoms with Gasteiger partial charge in [0.1, 0.15) is 0 Å². The van der Waals surface area contributed by atoms with E-state index in [1.54, 1.807) is 24.7 Å². The summed E-state index contributed by atoms with van der Waals surface area (Å²) >= 11 is 0. The second kappa shape index (κ2) is 4.83. The SMILES string of the molecule is O.c1cnc(Oc2cnccn2)nc1. The molecule has 6 nitrogen and oxygen atoms in total. The quantitative estimate of drug-likeness (QED) is 0.679. The van der Waals surface area contributed by atoms with Crippen LogP contribution in [0.1, 0.15) is 0 Å². The van der Waals surface area contributed by atoms with Crippen molar-refractivity contribution in [1.29, 1.82) is 0 Å². The van der Waals surface area contributed by atoms with Gasteiger partial charge in [0.25, 0.3) is 0 Å². The second-order valence-electron chi connectivity index (χ2n) is 2.18. The minimum absolute atomic E-state index is 0. The smallest absolute Gasteiger partial charge is 0.323 e. The summed E-state index contributed by atoms with van der Waals surface area (Å²) in [4.78, 5) is 15.5. The molecule has 0 bridgehead atoms. The Labute approximate surface area is 80.0 Å². The van der Waals surface area contributed by atoms with Crippen LogP contribution >= 0.6 is 0 Å². The maximum absolute atomic E-state index is 5.18. The predicted octanol–water partition coefficient (Wildman–Crippen LogP) is 0.234. The number of hydrogen-bond acceptors (Lipinski definition) is 5. The van der Waals surface area contributed by atoms with Crippen molar-refractivity contribution >= 4 is 0 Å². The normalized spacial score (nSPS) is 8.86. The van der Waals surface area contributed by atoms with Crippen molar-refractivity contribution in [2.24, 2.45) is 0 Å². The van der Waals surface area contributed by atoms with E-state index in [4.69, 9.17) is 4.74 Å². The summed E-state index contributed by atoms with van der Waals surface area (Å²) in [6, 6.07) is 1.98. The van der Waals surface area contributed by atoms with E-state index in [-0.39, 0.29) is 11.5 Å². The van der Waals surface area contributed by atoms with E-state index in [2.05, 4.69) is 19.9 Å². The van der Waals surface area contributed by atoms with Gasteiger partial charge < -0.3 is 10.2 Å². The highest BCUT2D eigenvalue weighted by atomic mass is 16.5. The van der Waals surface area contributed by atoms with Crippen molar-refractivity contribution in [2.75, 3.05) is 0 Å². The van der Waals surface area contributed by atoms with E-state index >= 15 is 0 Å². The number of nitrogens with zero attached hydrogens (tertiary/aromatic N) is 4. The van der Waals surface area contributed by atoms with Crippen LogP contribution in [0, 0.1) is 0 Å². The van der Waals surface area contributed by atoms with E-state index in [1.165, 1.54) is 12.4 Å². The molecule has 2 aromatic heterocycles. The summed E-state index contributed by atoms with van der Waals surface area (Å²) in [5.74, 6) is 0.383. The standard InChI is InChI=1S/C8H6N4O.H2O/c1-2-11-8(12-3-1)13-7-6-9-4-5-10-7;/h1-6H;1H2. The third-order valence-electron chi connectivity index (χ3n) is 1.28. The highest BCUT2D eigenvalue weighted by Gasteiger charge is 1.97. The number of ether oxygens (including phenoxy) is 1. The first-order chi connectivity index (χ1) is 6.45. The van der Waals surface area contributed by atoms with Gasteiger partial charge in [-0.3, -0.25) is 4.98 Å². The Hall–Kier alpha value is -2.08. The molecule has 0 saturated carbocycles. The summed E-state index contributed by atoms with van der Waals surface area (Å²) in [7, 11) is 0. The monoisotopic (exact) mass is 192 g/mol. The minimum atomic E-state index is 0. The van der Waals surface area contributed by atoms with E-state index in [0.717, 1.165) is 0 Å². The van der Waals surface area contributed by atoms with Gasteiger partial charge in [-0.1, -0.05) is 0 Å². The maximum atomic E-state index is 5.18. The zero-order valence-corrected chi connectivity index (χ0v) is 7.16. The molecule has 72 valence electrons. The van der Waals surface area contributed by atoms with E-state index < -0.39 is 0 Å². The van der Waals surface area contributed by atoms with Crippen LogP contribution in [0.2, 0.25) is 0 Å². The summed E-state index contributed by atoms with van der Waals surface area (Å²) in [6.07, 6.45) is 7.80. The molecule has 14 heavy (non-hydrogen) atoms. The molecular formula is C8H8N4O2. The molecule has 0 spiro atoms. The van der Waals surface area contributed by atoms with Crippen LogP contribution in [-0.2, 0) is 0 Å². The third kappa shape index (κ3) is 2.46. The second-order valence-corrected chi connectivity index (χ2v) is 2.18. The first kappa shape index (κ1) is 10.0. The minimum Gasteiger partial charge on any atom is -0.412 e. The van der Waals surface area contributed by atoms with E-state index in [9.17, 15) is 0 Å². The van der Waals surface area contributed by atoms with Crippen molar-refractivity contribution in [2.45, 2.75) is 0 Å². The Morgan fingerprint density at radius 1 is 0.929 bits per heavy atom. The Balaban J connectivity index is 0.000000980. The van der Waals surface area contributed by atoms with Crippen molar-refractivity contribution in [3.05, 3.63) is 37.1 Å². The molecule has 0 atom stereocenters.